The zero-order valence-electron chi connectivity index (χ0n) is 14.5. The number of hydrogen-bond acceptors (Lipinski definition) is 4. The largest absolute Gasteiger partial charge is 0.361 e. The lowest BCUT2D eigenvalue weighted by Gasteiger charge is -2.12. The third kappa shape index (κ3) is 4.60. The molecule has 0 saturated heterocycles. The van der Waals surface area contributed by atoms with E-state index in [1.54, 1.807) is 30.3 Å². The number of hydroxylamine groups is 1. The molecule has 0 bridgehead atoms. The average Bonchev–Trinajstić information content (AvgIpc) is 3.10. The van der Waals surface area contributed by atoms with Crippen LogP contribution >= 0.6 is 0 Å². The van der Waals surface area contributed by atoms with E-state index in [0.717, 1.165) is 22.0 Å². The molecule has 1 atom stereocenters. The van der Waals surface area contributed by atoms with Crippen LogP contribution in [0.1, 0.15) is 11.1 Å². The van der Waals surface area contributed by atoms with Crippen LogP contribution in [0.5, 0.6) is 0 Å². The number of carbonyl (C=O) groups excluding carboxylic acids is 2. The van der Waals surface area contributed by atoms with Gasteiger partial charge in [-0.2, -0.15) is 0 Å². The molecule has 2 aromatic carbocycles. The first-order chi connectivity index (χ1) is 13.1. The van der Waals surface area contributed by atoms with Crippen LogP contribution in [0.3, 0.4) is 0 Å². The Morgan fingerprint density at radius 3 is 2.63 bits per heavy atom. The molecule has 0 saturated carbocycles. The minimum atomic E-state index is -0.683. The monoisotopic (exact) mass is 364 g/mol. The highest BCUT2D eigenvalue weighted by Gasteiger charge is 2.16. The number of nitrogens with two attached hydrogens (primary N) is 1. The Bertz CT molecular complexity index is 976. The van der Waals surface area contributed by atoms with Crippen molar-refractivity contribution in [2.45, 2.75) is 12.5 Å². The number of rotatable bonds is 6. The fourth-order valence-electron chi connectivity index (χ4n) is 2.75. The summed E-state index contributed by atoms with van der Waals surface area (Å²) in [7, 11) is 0. The van der Waals surface area contributed by atoms with E-state index in [1.165, 1.54) is 11.6 Å². The number of benzene rings is 2. The minimum Gasteiger partial charge on any atom is -0.361 e. The SMILES string of the molecule is N[C@H](Cc1c[nH]c2ccccc12)C(=O)Nc1ccc(C=CC(=O)NO)cc1. The number of H-pyrrole nitrogens is 1. The quantitative estimate of drug-likeness (QED) is 0.262. The fourth-order valence-corrected chi connectivity index (χ4v) is 2.75. The van der Waals surface area contributed by atoms with Gasteiger partial charge in [0, 0.05) is 28.9 Å². The van der Waals surface area contributed by atoms with Crippen molar-refractivity contribution in [3.05, 3.63) is 71.9 Å². The molecule has 0 fully saturated rings. The lowest BCUT2D eigenvalue weighted by Crippen LogP contribution is -2.37. The fraction of sp³-hybridized carbons (Fsp3) is 0.100. The first-order valence-electron chi connectivity index (χ1n) is 8.40. The maximum atomic E-state index is 12.4. The van der Waals surface area contributed by atoms with Gasteiger partial charge in [-0.3, -0.25) is 14.8 Å². The third-order valence-corrected chi connectivity index (χ3v) is 4.17. The van der Waals surface area contributed by atoms with Gasteiger partial charge >= 0.3 is 0 Å². The summed E-state index contributed by atoms with van der Waals surface area (Å²) in [4.78, 5) is 26.5. The van der Waals surface area contributed by atoms with E-state index in [1.807, 2.05) is 30.5 Å². The zero-order chi connectivity index (χ0) is 19.2. The molecule has 6 N–H and O–H groups in total. The molecule has 0 radical (unpaired) electrons. The summed E-state index contributed by atoms with van der Waals surface area (Å²) in [6.07, 6.45) is 5.04. The summed E-state index contributed by atoms with van der Waals surface area (Å²) in [5.74, 6) is -0.890. The van der Waals surface area contributed by atoms with Gasteiger partial charge in [-0.15, -0.1) is 0 Å². The Morgan fingerprint density at radius 2 is 1.89 bits per heavy atom. The Labute approximate surface area is 155 Å². The number of aromatic nitrogens is 1. The van der Waals surface area contributed by atoms with Crippen molar-refractivity contribution in [2.24, 2.45) is 5.73 Å². The van der Waals surface area contributed by atoms with E-state index >= 15 is 0 Å². The first kappa shape index (κ1) is 18.4. The smallest absolute Gasteiger partial charge is 0.267 e. The van der Waals surface area contributed by atoms with Gasteiger partial charge in [0.2, 0.25) is 5.91 Å². The van der Waals surface area contributed by atoms with Gasteiger partial charge in [0.1, 0.15) is 0 Å². The number of aromatic amines is 1. The van der Waals surface area contributed by atoms with E-state index < -0.39 is 11.9 Å². The Hall–Kier alpha value is -3.42. The molecule has 7 heteroatoms. The van der Waals surface area contributed by atoms with Crippen molar-refractivity contribution >= 4 is 34.5 Å². The molecule has 1 heterocycles. The van der Waals surface area contributed by atoms with Crippen LogP contribution in [0, 0.1) is 0 Å². The summed E-state index contributed by atoms with van der Waals surface area (Å²) in [6, 6.07) is 14.1. The molecule has 27 heavy (non-hydrogen) atoms. The number of fused-ring (bicyclic) bond motifs is 1. The third-order valence-electron chi connectivity index (χ3n) is 4.17. The zero-order valence-corrected chi connectivity index (χ0v) is 14.5. The van der Waals surface area contributed by atoms with E-state index in [-0.39, 0.29) is 5.91 Å². The molecule has 3 rings (SSSR count). The molecule has 3 aromatic rings. The molecule has 0 aliphatic rings. The highest BCUT2D eigenvalue weighted by Crippen LogP contribution is 2.19. The second kappa shape index (κ2) is 8.31. The van der Waals surface area contributed by atoms with Crippen LogP contribution in [0.15, 0.2) is 60.8 Å². The van der Waals surface area contributed by atoms with Gasteiger partial charge in [-0.25, -0.2) is 5.48 Å². The number of nitrogens with one attached hydrogen (secondary N) is 3. The molecule has 138 valence electrons. The summed E-state index contributed by atoms with van der Waals surface area (Å²) >= 11 is 0. The van der Waals surface area contributed by atoms with Gasteiger partial charge in [0.05, 0.1) is 6.04 Å². The van der Waals surface area contributed by atoms with Crippen LogP contribution in [0.2, 0.25) is 0 Å². The minimum absolute atomic E-state index is 0.275. The van der Waals surface area contributed by atoms with Crippen LogP contribution in [0.25, 0.3) is 17.0 Å². The number of amides is 2. The molecule has 7 nitrogen and oxygen atoms in total. The second-order valence-electron chi connectivity index (χ2n) is 6.09. The van der Waals surface area contributed by atoms with Gasteiger partial charge in [0.15, 0.2) is 0 Å². The highest BCUT2D eigenvalue weighted by atomic mass is 16.5. The van der Waals surface area contributed by atoms with Crippen molar-refractivity contribution in [1.82, 2.24) is 10.5 Å². The molecule has 0 unspecified atom stereocenters. The predicted octanol–water partition coefficient (Wildman–Crippen LogP) is 2.20. The number of para-hydroxylation sites is 1. The van der Waals surface area contributed by atoms with Crippen LogP contribution < -0.4 is 16.5 Å². The van der Waals surface area contributed by atoms with E-state index in [0.29, 0.717) is 12.1 Å². The number of anilines is 1. The van der Waals surface area contributed by atoms with Crippen molar-refractivity contribution in [2.75, 3.05) is 5.32 Å². The van der Waals surface area contributed by atoms with E-state index in [9.17, 15) is 9.59 Å². The molecule has 0 aliphatic carbocycles. The van der Waals surface area contributed by atoms with Gasteiger partial charge < -0.3 is 16.0 Å². The lowest BCUT2D eigenvalue weighted by atomic mass is 10.0. The van der Waals surface area contributed by atoms with Crippen LogP contribution in [-0.2, 0) is 16.0 Å². The second-order valence-corrected chi connectivity index (χ2v) is 6.09. The average molecular weight is 364 g/mol. The summed E-state index contributed by atoms with van der Waals surface area (Å²) in [5.41, 5.74) is 11.0. The first-order valence-corrected chi connectivity index (χ1v) is 8.40. The normalized spacial score (nSPS) is 12.2. The molecular formula is C20H20N4O3. The van der Waals surface area contributed by atoms with Crippen LogP contribution in [0.4, 0.5) is 5.69 Å². The van der Waals surface area contributed by atoms with Crippen molar-refractivity contribution < 1.29 is 14.8 Å². The molecule has 1 aromatic heterocycles. The highest BCUT2D eigenvalue weighted by molar-refractivity contribution is 5.95. The molecule has 0 spiro atoms. The topological polar surface area (TPSA) is 120 Å². The van der Waals surface area contributed by atoms with Crippen molar-refractivity contribution in [1.29, 1.82) is 0 Å². The Balaban J connectivity index is 1.61. The van der Waals surface area contributed by atoms with Crippen molar-refractivity contribution in [3.63, 3.8) is 0 Å². The molecular weight excluding hydrogens is 344 g/mol. The lowest BCUT2D eigenvalue weighted by molar-refractivity contribution is -0.124. The number of carbonyl (C=O) groups is 2. The predicted molar refractivity (Wildman–Crippen MR) is 104 cm³/mol. The van der Waals surface area contributed by atoms with Gasteiger partial charge in [-0.1, -0.05) is 30.3 Å². The van der Waals surface area contributed by atoms with E-state index in [2.05, 4.69) is 10.3 Å². The molecule has 0 aliphatic heterocycles. The Morgan fingerprint density at radius 1 is 1.15 bits per heavy atom. The Kier molecular flexibility index (Phi) is 5.65. The summed E-state index contributed by atoms with van der Waals surface area (Å²) < 4.78 is 0. The van der Waals surface area contributed by atoms with Gasteiger partial charge in [0.25, 0.3) is 5.91 Å². The summed E-state index contributed by atoms with van der Waals surface area (Å²) in [5, 5.41) is 12.3. The van der Waals surface area contributed by atoms with E-state index in [4.69, 9.17) is 10.9 Å². The van der Waals surface area contributed by atoms with Crippen LogP contribution in [-0.4, -0.2) is 28.0 Å². The maximum Gasteiger partial charge on any atom is 0.267 e. The number of hydrogen-bond donors (Lipinski definition) is 5. The standard InChI is InChI=1S/C20H20N4O3/c21-17(11-14-12-22-18-4-2-1-3-16(14)18)20(26)23-15-8-5-13(6-9-15)7-10-19(25)24-27/h1-10,12,17,22,27H,11,21H2,(H,23,26)(H,24,25)/t17-/m1/s1. The summed E-state index contributed by atoms with van der Waals surface area (Å²) in [6.45, 7) is 0. The maximum absolute atomic E-state index is 12.4. The molecule has 2 amide bonds. The van der Waals surface area contributed by atoms with Crippen molar-refractivity contribution in [3.8, 4) is 0 Å². The van der Waals surface area contributed by atoms with Gasteiger partial charge in [-0.05, 0) is 41.8 Å².